The van der Waals surface area contributed by atoms with Crippen LogP contribution in [-0.4, -0.2) is 58.3 Å². The lowest BCUT2D eigenvalue weighted by Crippen LogP contribution is -2.48. The van der Waals surface area contributed by atoms with Gasteiger partial charge in [0.2, 0.25) is 5.91 Å². The van der Waals surface area contributed by atoms with Crippen LogP contribution in [0, 0.1) is 17.0 Å². The number of aryl methyl sites for hydroxylation is 1. The maximum Gasteiger partial charge on any atom is 0.287 e. The van der Waals surface area contributed by atoms with Gasteiger partial charge in [-0.1, -0.05) is 19.1 Å². The van der Waals surface area contributed by atoms with E-state index in [-0.39, 0.29) is 11.6 Å². The number of aromatic nitrogens is 1. The van der Waals surface area contributed by atoms with Crippen LogP contribution in [0.2, 0.25) is 0 Å². The Morgan fingerprint density at radius 1 is 1.21 bits per heavy atom. The number of piperazine rings is 1. The molecule has 0 unspecified atom stereocenters. The first-order chi connectivity index (χ1) is 13.5. The predicted molar refractivity (Wildman–Crippen MR) is 108 cm³/mol. The molecule has 2 heterocycles. The highest BCUT2D eigenvalue weighted by molar-refractivity contribution is 5.79. The molecular formula is C20H25N5O3. The van der Waals surface area contributed by atoms with Crippen LogP contribution in [-0.2, 0) is 11.2 Å². The Hall–Kier alpha value is -3.00. The van der Waals surface area contributed by atoms with E-state index in [1.54, 1.807) is 6.92 Å². The maximum atomic E-state index is 12.5. The third kappa shape index (κ3) is 4.83. The molecule has 8 nitrogen and oxygen atoms in total. The summed E-state index contributed by atoms with van der Waals surface area (Å²) >= 11 is 0. The molecule has 3 rings (SSSR count). The number of nitrogens with one attached hydrogen (secondary N) is 1. The van der Waals surface area contributed by atoms with Gasteiger partial charge in [-0.2, -0.15) is 0 Å². The smallest absolute Gasteiger partial charge is 0.287 e. The quantitative estimate of drug-likeness (QED) is 0.609. The number of nitro groups is 1. The van der Waals surface area contributed by atoms with Crippen LogP contribution in [0.5, 0.6) is 0 Å². The molecule has 1 aliphatic rings. The number of carbonyl (C=O) groups is 1. The van der Waals surface area contributed by atoms with Crippen molar-refractivity contribution in [3.63, 3.8) is 0 Å². The van der Waals surface area contributed by atoms with Gasteiger partial charge in [-0.3, -0.25) is 14.9 Å². The Bertz CT molecular complexity index is 845. The van der Waals surface area contributed by atoms with Gasteiger partial charge in [-0.25, -0.2) is 4.98 Å². The second-order valence-corrected chi connectivity index (χ2v) is 6.93. The number of anilines is 2. The maximum absolute atomic E-state index is 12.5. The van der Waals surface area contributed by atoms with Crippen molar-refractivity contribution in [1.29, 1.82) is 0 Å². The van der Waals surface area contributed by atoms with Crippen LogP contribution in [0.4, 0.5) is 17.2 Å². The van der Waals surface area contributed by atoms with Crippen LogP contribution >= 0.6 is 0 Å². The number of pyridine rings is 1. The van der Waals surface area contributed by atoms with Gasteiger partial charge in [0.1, 0.15) is 12.0 Å². The topological polar surface area (TPSA) is 91.6 Å². The van der Waals surface area contributed by atoms with E-state index >= 15 is 0 Å². The molecule has 0 saturated carbocycles. The molecule has 148 valence electrons. The first-order valence-corrected chi connectivity index (χ1v) is 9.43. The molecule has 1 saturated heterocycles. The van der Waals surface area contributed by atoms with Gasteiger partial charge in [-0.05, 0) is 36.7 Å². The number of carbonyl (C=O) groups excluding carboxylic acids is 1. The highest BCUT2D eigenvalue weighted by Crippen LogP contribution is 2.22. The number of amides is 1. The summed E-state index contributed by atoms with van der Waals surface area (Å²) in [5.74, 6) is 0.729. The molecule has 2 aromatic rings. The summed E-state index contributed by atoms with van der Waals surface area (Å²) in [5, 5.41) is 14.0. The number of nitrogens with zero attached hydrogens (tertiary/aromatic N) is 4. The molecule has 1 N–H and O–H groups in total. The summed E-state index contributed by atoms with van der Waals surface area (Å²) in [5.41, 5.74) is 2.44. The van der Waals surface area contributed by atoms with Crippen molar-refractivity contribution >= 4 is 23.1 Å². The Kier molecular flexibility index (Phi) is 6.20. The van der Waals surface area contributed by atoms with E-state index in [9.17, 15) is 14.9 Å². The highest BCUT2D eigenvalue weighted by atomic mass is 16.6. The van der Waals surface area contributed by atoms with Crippen molar-refractivity contribution in [2.75, 3.05) is 38.0 Å². The zero-order valence-corrected chi connectivity index (χ0v) is 16.2. The number of benzene rings is 1. The third-order valence-electron chi connectivity index (χ3n) is 5.02. The second kappa shape index (κ2) is 8.79. The van der Waals surface area contributed by atoms with E-state index in [4.69, 9.17) is 0 Å². The molecule has 8 heteroatoms. The first-order valence-electron chi connectivity index (χ1n) is 9.43. The zero-order valence-electron chi connectivity index (χ0n) is 16.2. The van der Waals surface area contributed by atoms with Gasteiger partial charge in [0.25, 0.3) is 5.69 Å². The van der Waals surface area contributed by atoms with E-state index in [0.29, 0.717) is 17.8 Å². The predicted octanol–water partition coefficient (Wildman–Crippen LogP) is 2.75. The summed E-state index contributed by atoms with van der Waals surface area (Å²) in [6.07, 6.45) is 1.63. The van der Waals surface area contributed by atoms with Gasteiger partial charge in [0.15, 0.2) is 0 Å². The Morgan fingerprint density at radius 3 is 2.46 bits per heavy atom. The molecule has 1 aromatic heterocycles. The van der Waals surface area contributed by atoms with Gasteiger partial charge >= 0.3 is 0 Å². The molecule has 28 heavy (non-hydrogen) atoms. The minimum atomic E-state index is -0.461. The SMILES string of the molecule is CCN1CCN(C(=O)Cc2ccc(Nc3ncc([N+](=O)[O-])cc3C)cc2)CC1. The molecule has 1 fully saturated rings. The molecule has 0 aliphatic carbocycles. The molecular weight excluding hydrogens is 358 g/mol. The largest absolute Gasteiger partial charge is 0.340 e. The molecule has 1 aliphatic heterocycles. The number of hydrogen-bond acceptors (Lipinski definition) is 6. The lowest BCUT2D eigenvalue weighted by Gasteiger charge is -2.34. The van der Waals surface area contributed by atoms with Crippen molar-refractivity contribution in [3.05, 3.63) is 57.8 Å². The lowest BCUT2D eigenvalue weighted by molar-refractivity contribution is -0.385. The van der Waals surface area contributed by atoms with Gasteiger partial charge in [0.05, 0.1) is 11.3 Å². The van der Waals surface area contributed by atoms with Crippen LogP contribution in [0.3, 0.4) is 0 Å². The molecule has 0 atom stereocenters. The fraction of sp³-hybridized carbons (Fsp3) is 0.400. The zero-order chi connectivity index (χ0) is 20.1. The van der Waals surface area contributed by atoms with Crippen LogP contribution in [0.25, 0.3) is 0 Å². The first kappa shape index (κ1) is 19.8. The summed E-state index contributed by atoms with van der Waals surface area (Å²) in [7, 11) is 0. The summed E-state index contributed by atoms with van der Waals surface area (Å²) < 4.78 is 0. The molecule has 0 bridgehead atoms. The molecule has 0 radical (unpaired) electrons. The monoisotopic (exact) mass is 383 g/mol. The van der Waals surface area contributed by atoms with E-state index in [2.05, 4.69) is 22.1 Å². The fourth-order valence-corrected chi connectivity index (χ4v) is 3.23. The standard InChI is InChI=1S/C20H25N5O3/c1-3-23-8-10-24(11-9-23)19(26)13-16-4-6-17(7-5-16)22-20-15(2)12-18(14-21-20)25(27)28/h4-7,12,14H,3,8-11,13H2,1-2H3,(H,21,22). The van der Waals surface area contributed by atoms with E-state index in [1.165, 1.54) is 12.3 Å². The normalized spacial score (nSPS) is 14.7. The second-order valence-electron chi connectivity index (χ2n) is 6.93. The van der Waals surface area contributed by atoms with E-state index < -0.39 is 4.92 Å². The average molecular weight is 383 g/mol. The Balaban J connectivity index is 1.58. The number of hydrogen-bond donors (Lipinski definition) is 1. The molecule has 1 amide bonds. The summed E-state index contributed by atoms with van der Waals surface area (Å²) in [6.45, 7) is 8.39. The fourth-order valence-electron chi connectivity index (χ4n) is 3.23. The van der Waals surface area contributed by atoms with Gasteiger partial charge in [0, 0.05) is 37.9 Å². The minimum Gasteiger partial charge on any atom is -0.340 e. The van der Waals surface area contributed by atoms with Gasteiger partial charge in [-0.15, -0.1) is 0 Å². The van der Waals surface area contributed by atoms with E-state index in [0.717, 1.165) is 44.0 Å². The Morgan fingerprint density at radius 2 is 1.89 bits per heavy atom. The minimum absolute atomic E-state index is 0.0309. The van der Waals surface area contributed by atoms with Crippen molar-refractivity contribution in [1.82, 2.24) is 14.8 Å². The summed E-state index contributed by atoms with van der Waals surface area (Å²) in [4.78, 5) is 31.2. The average Bonchev–Trinajstić information content (AvgIpc) is 2.70. The van der Waals surface area contributed by atoms with Crippen molar-refractivity contribution < 1.29 is 9.72 Å². The van der Waals surface area contributed by atoms with E-state index in [1.807, 2.05) is 29.2 Å². The lowest BCUT2D eigenvalue weighted by atomic mass is 10.1. The Labute approximate surface area is 164 Å². The van der Waals surface area contributed by atoms with Crippen molar-refractivity contribution in [3.8, 4) is 0 Å². The third-order valence-corrected chi connectivity index (χ3v) is 5.02. The van der Waals surface area contributed by atoms with Gasteiger partial charge < -0.3 is 15.1 Å². The number of likely N-dealkylation sites (N-methyl/N-ethyl adjacent to an activating group) is 1. The van der Waals surface area contributed by atoms with Crippen LogP contribution < -0.4 is 5.32 Å². The summed E-state index contributed by atoms with van der Waals surface area (Å²) in [6, 6.07) is 9.10. The molecule has 0 spiro atoms. The highest BCUT2D eigenvalue weighted by Gasteiger charge is 2.20. The van der Waals surface area contributed by atoms with Crippen molar-refractivity contribution in [2.24, 2.45) is 0 Å². The molecule has 1 aromatic carbocycles. The van der Waals surface area contributed by atoms with Crippen LogP contribution in [0.15, 0.2) is 36.5 Å². The van der Waals surface area contributed by atoms with Crippen LogP contribution in [0.1, 0.15) is 18.1 Å². The number of rotatable bonds is 6. The van der Waals surface area contributed by atoms with Crippen molar-refractivity contribution in [2.45, 2.75) is 20.3 Å².